The lowest BCUT2D eigenvalue weighted by Crippen LogP contribution is -2.38. The van der Waals surface area contributed by atoms with Crippen molar-refractivity contribution in [1.29, 1.82) is 0 Å². The number of hydrogen-bond donors (Lipinski definition) is 0. The molecule has 1 heterocycles. The first-order chi connectivity index (χ1) is 9.20. The molecule has 0 aliphatic carbocycles. The highest BCUT2D eigenvalue weighted by atomic mass is 79.9. The van der Waals surface area contributed by atoms with Crippen LogP contribution in [0.15, 0.2) is 21.1 Å². The molecule has 20 heavy (non-hydrogen) atoms. The molecule has 0 aliphatic heterocycles. The Labute approximate surface area is 138 Å². The van der Waals surface area contributed by atoms with Gasteiger partial charge in [0.25, 0.3) is 0 Å². The maximum Gasteiger partial charge on any atom is 0.139 e. The van der Waals surface area contributed by atoms with Crippen molar-refractivity contribution in [2.75, 3.05) is 0 Å². The van der Waals surface area contributed by atoms with Crippen LogP contribution in [0.3, 0.4) is 0 Å². The van der Waals surface area contributed by atoms with Crippen LogP contribution in [-0.2, 0) is 11.5 Å². The van der Waals surface area contributed by atoms with E-state index < -0.39 is 8.07 Å². The second-order valence-corrected chi connectivity index (χ2v) is 13.4. The standard InChI is InChI=1S/C14H20Br2N2OSi/c1-9-11-6-12(15)13(16)7-14(11)18(17-9)8-19-10(2)20(3,4)5/h6-7,10H,8H2,1-5H3. The number of rotatable bonds is 4. The van der Waals surface area contributed by atoms with Crippen LogP contribution >= 0.6 is 31.9 Å². The summed E-state index contributed by atoms with van der Waals surface area (Å²) in [7, 11) is -1.28. The topological polar surface area (TPSA) is 27.1 Å². The summed E-state index contributed by atoms with van der Waals surface area (Å²) in [4.78, 5) is 0. The third kappa shape index (κ3) is 3.35. The predicted octanol–water partition coefficient (Wildman–Crippen LogP) is 5.11. The molecule has 1 aromatic heterocycles. The molecule has 1 atom stereocenters. The normalized spacial score (nSPS) is 13.9. The van der Waals surface area contributed by atoms with E-state index >= 15 is 0 Å². The molecule has 3 nitrogen and oxygen atoms in total. The van der Waals surface area contributed by atoms with Gasteiger partial charge in [-0.25, -0.2) is 4.68 Å². The van der Waals surface area contributed by atoms with Crippen LogP contribution < -0.4 is 0 Å². The summed E-state index contributed by atoms with van der Waals surface area (Å²) in [6, 6.07) is 4.18. The Hall–Kier alpha value is -0.173. The Morgan fingerprint density at radius 3 is 2.45 bits per heavy atom. The molecular weight excluding hydrogens is 400 g/mol. The average molecular weight is 420 g/mol. The van der Waals surface area contributed by atoms with Crippen molar-refractivity contribution < 1.29 is 4.74 Å². The lowest BCUT2D eigenvalue weighted by atomic mass is 10.2. The van der Waals surface area contributed by atoms with E-state index in [2.05, 4.69) is 75.7 Å². The summed E-state index contributed by atoms with van der Waals surface area (Å²) < 4.78 is 10.0. The predicted molar refractivity (Wildman–Crippen MR) is 93.8 cm³/mol. The highest BCUT2D eigenvalue weighted by Crippen LogP contribution is 2.30. The van der Waals surface area contributed by atoms with Crippen LogP contribution in [0, 0.1) is 6.92 Å². The van der Waals surface area contributed by atoms with E-state index in [0.29, 0.717) is 12.5 Å². The van der Waals surface area contributed by atoms with E-state index in [4.69, 9.17) is 4.74 Å². The van der Waals surface area contributed by atoms with Crippen molar-refractivity contribution in [3.8, 4) is 0 Å². The van der Waals surface area contributed by atoms with Gasteiger partial charge < -0.3 is 4.74 Å². The molecule has 0 saturated carbocycles. The summed E-state index contributed by atoms with van der Waals surface area (Å²) in [6.45, 7) is 11.6. The smallest absolute Gasteiger partial charge is 0.139 e. The molecule has 0 saturated heterocycles. The molecule has 0 amide bonds. The minimum absolute atomic E-state index is 0.306. The molecule has 1 unspecified atom stereocenters. The fraction of sp³-hybridized carbons (Fsp3) is 0.500. The number of aromatic nitrogens is 2. The van der Waals surface area contributed by atoms with Crippen molar-refractivity contribution in [3.63, 3.8) is 0 Å². The first kappa shape index (κ1) is 16.2. The van der Waals surface area contributed by atoms with Crippen LogP contribution in [0.5, 0.6) is 0 Å². The lowest BCUT2D eigenvalue weighted by molar-refractivity contribution is 0.0516. The third-order valence-corrected chi connectivity index (χ3v) is 8.09. The van der Waals surface area contributed by atoms with E-state index in [1.165, 1.54) is 0 Å². The molecule has 110 valence electrons. The SMILES string of the molecule is Cc1nn(COC(C)[Si](C)(C)C)c2cc(Br)c(Br)cc12. The monoisotopic (exact) mass is 418 g/mol. The molecule has 1 aromatic carbocycles. The molecule has 0 bridgehead atoms. The minimum Gasteiger partial charge on any atom is -0.360 e. The van der Waals surface area contributed by atoms with Gasteiger partial charge in [0.15, 0.2) is 0 Å². The highest BCUT2D eigenvalue weighted by Gasteiger charge is 2.23. The molecule has 0 aliphatic rings. The Balaban J connectivity index is 2.29. The molecule has 2 rings (SSSR count). The summed E-state index contributed by atoms with van der Waals surface area (Å²) in [5, 5.41) is 5.75. The van der Waals surface area contributed by atoms with E-state index in [9.17, 15) is 0 Å². The van der Waals surface area contributed by atoms with E-state index in [1.54, 1.807) is 0 Å². The maximum absolute atomic E-state index is 6.02. The molecule has 0 radical (unpaired) electrons. The molecule has 0 N–H and O–H groups in total. The van der Waals surface area contributed by atoms with Crippen LogP contribution in [0.1, 0.15) is 12.6 Å². The Morgan fingerprint density at radius 1 is 1.25 bits per heavy atom. The van der Waals surface area contributed by atoms with Crippen molar-refractivity contribution in [1.82, 2.24) is 9.78 Å². The molecule has 0 spiro atoms. The largest absolute Gasteiger partial charge is 0.360 e. The molecule has 2 aromatic rings. The van der Waals surface area contributed by atoms with Crippen LogP contribution in [-0.4, -0.2) is 23.6 Å². The van der Waals surface area contributed by atoms with Gasteiger partial charge in [-0.2, -0.15) is 5.10 Å². The van der Waals surface area contributed by atoms with Gasteiger partial charge in [-0.15, -0.1) is 0 Å². The van der Waals surface area contributed by atoms with Gasteiger partial charge in [-0.3, -0.25) is 0 Å². The number of nitrogens with zero attached hydrogens (tertiary/aromatic N) is 2. The van der Waals surface area contributed by atoms with Gasteiger partial charge in [0.2, 0.25) is 0 Å². The zero-order valence-electron chi connectivity index (χ0n) is 12.5. The maximum atomic E-state index is 6.02. The quantitative estimate of drug-likeness (QED) is 0.643. The van der Waals surface area contributed by atoms with Gasteiger partial charge in [0.05, 0.1) is 19.3 Å². The number of halogens is 2. The highest BCUT2D eigenvalue weighted by molar-refractivity contribution is 9.13. The fourth-order valence-corrected chi connectivity index (χ4v) is 3.11. The fourth-order valence-electron chi connectivity index (χ4n) is 1.86. The number of ether oxygens (including phenoxy) is 1. The third-order valence-electron chi connectivity index (χ3n) is 3.64. The Morgan fingerprint density at radius 2 is 1.85 bits per heavy atom. The zero-order valence-corrected chi connectivity index (χ0v) is 16.7. The number of fused-ring (bicyclic) bond motifs is 1. The number of hydrogen-bond acceptors (Lipinski definition) is 2. The number of aryl methyl sites for hydroxylation is 1. The van der Waals surface area contributed by atoms with E-state index in [-0.39, 0.29) is 0 Å². The van der Waals surface area contributed by atoms with Crippen molar-refractivity contribution in [2.24, 2.45) is 0 Å². The summed E-state index contributed by atoms with van der Waals surface area (Å²) >= 11 is 7.09. The van der Waals surface area contributed by atoms with Gasteiger partial charge >= 0.3 is 0 Å². The first-order valence-corrected chi connectivity index (χ1v) is 11.8. The molecular formula is C14H20Br2N2OSi. The van der Waals surface area contributed by atoms with Crippen LogP contribution in [0.25, 0.3) is 10.9 Å². The number of benzene rings is 1. The van der Waals surface area contributed by atoms with Crippen molar-refractivity contribution in [2.45, 2.75) is 45.9 Å². The van der Waals surface area contributed by atoms with E-state index in [1.807, 2.05) is 11.6 Å². The average Bonchev–Trinajstić information content (AvgIpc) is 2.63. The molecule has 0 fully saturated rings. The second-order valence-electron chi connectivity index (χ2n) is 6.17. The van der Waals surface area contributed by atoms with E-state index in [0.717, 1.165) is 25.5 Å². The summed E-state index contributed by atoms with van der Waals surface area (Å²) in [6.07, 6.45) is 0. The second kappa shape index (κ2) is 5.91. The zero-order chi connectivity index (χ0) is 15.1. The van der Waals surface area contributed by atoms with Crippen LogP contribution in [0.4, 0.5) is 0 Å². The molecule has 6 heteroatoms. The first-order valence-electron chi connectivity index (χ1n) is 6.64. The van der Waals surface area contributed by atoms with Gasteiger partial charge in [0, 0.05) is 20.1 Å². The van der Waals surface area contributed by atoms with Crippen molar-refractivity contribution >= 4 is 50.8 Å². The Bertz CT molecular complexity index is 634. The van der Waals surface area contributed by atoms with Crippen LogP contribution in [0.2, 0.25) is 19.6 Å². The Kier molecular flexibility index (Phi) is 4.78. The summed E-state index contributed by atoms with van der Waals surface area (Å²) in [5.74, 6) is 0. The van der Waals surface area contributed by atoms with Crippen molar-refractivity contribution in [3.05, 3.63) is 26.8 Å². The minimum atomic E-state index is -1.28. The lowest BCUT2D eigenvalue weighted by Gasteiger charge is -2.25. The summed E-state index contributed by atoms with van der Waals surface area (Å²) in [5.41, 5.74) is 2.43. The van der Waals surface area contributed by atoms with Gasteiger partial charge in [-0.1, -0.05) is 19.6 Å². The van der Waals surface area contributed by atoms with Gasteiger partial charge in [-0.05, 0) is 57.8 Å². The van der Waals surface area contributed by atoms with Gasteiger partial charge in [0.1, 0.15) is 6.73 Å².